The minimum Gasteiger partial charge on any atom is -0.550 e. The maximum atomic E-state index is 12.8. The molecule has 2 aliphatic rings. The fourth-order valence-electron chi connectivity index (χ4n) is 5.85. The van der Waals surface area contributed by atoms with Crippen molar-refractivity contribution in [2.45, 2.75) is 129 Å². The zero-order chi connectivity index (χ0) is 35.2. The molecule has 11 nitrogen and oxygen atoms in total. The molecule has 47 heavy (non-hydrogen) atoms. The van der Waals surface area contributed by atoms with Gasteiger partial charge in [0.05, 0.1) is 18.6 Å². The van der Waals surface area contributed by atoms with Gasteiger partial charge in [-0.05, 0) is 63.5 Å². The Labute approximate surface area is 277 Å². The summed E-state index contributed by atoms with van der Waals surface area (Å²) in [6.45, 7) is 9.43. The summed E-state index contributed by atoms with van der Waals surface area (Å²) < 4.78 is 19.4. The number of carbonyl (C=O) groups excluding carboxylic acids is 2. The Morgan fingerprint density at radius 3 is 2.32 bits per heavy atom. The van der Waals surface area contributed by atoms with E-state index in [0.717, 1.165) is 37.0 Å². The van der Waals surface area contributed by atoms with Gasteiger partial charge < -0.3 is 39.4 Å². The number of esters is 1. The number of hydrogen-bond donors (Lipinski definition) is 3. The van der Waals surface area contributed by atoms with Crippen LogP contribution in [-0.4, -0.2) is 68.9 Å². The van der Waals surface area contributed by atoms with Gasteiger partial charge in [0.1, 0.15) is 11.7 Å². The van der Waals surface area contributed by atoms with E-state index in [4.69, 9.17) is 24.4 Å². The van der Waals surface area contributed by atoms with E-state index < -0.39 is 53.9 Å². The molecule has 1 spiro atoms. The lowest BCUT2D eigenvalue weighted by atomic mass is 9.85. The molecule has 11 heteroatoms. The highest BCUT2D eigenvalue weighted by Gasteiger charge is 2.56. The van der Waals surface area contributed by atoms with Gasteiger partial charge in [0.25, 0.3) is 0 Å². The number of ether oxygens (including phenoxy) is 3. The van der Waals surface area contributed by atoms with Crippen molar-refractivity contribution in [1.82, 2.24) is 0 Å². The van der Waals surface area contributed by atoms with Crippen molar-refractivity contribution in [2.24, 2.45) is 11.8 Å². The van der Waals surface area contributed by atoms with Crippen molar-refractivity contribution in [3.63, 3.8) is 0 Å². The van der Waals surface area contributed by atoms with Crippen LogP contribution in [0.4, 0.5) is 0 Å². The molecule has 0 amide bonds. The van der Waals surface area contributed by atoms with Gasteiger partial charge >= 0.3 is 17.9 Å². The molecular formula is C36H51O11-. The summed E-state index contributed by atoms with van der Waals surface area (Å²) in [5, 5.41) is 39.3. The van der Waals surface area contributed by atoms with E-state index in [-0.39, 0.29) is 24.4 Å². The van der Waals surface area contributed by atoms with Crippen molar-refractivity contribution in [1.29, 1.82) is 0 Å². The third kappa shape index (κ3) is 13.2. The van der Waals surface area contributed by atoms with Crippen molar-refractivity contribution in [3.05, 3.63) is 59.8 Å². The number of carboxylic acid groups (broad SMARTS) is 3. The maximum Gasteiger partial charge on any atom is 0.328 e. The quantitative estimate of drug-likeness (QED) is 0.105. The molecule has 2 fully saturated rings. The van der Waals surface area contributed by atoms with Crippen LogP contribution in [0, 0.1) is 11.8 Å². The zero-order valence-electron chi connectivity index (χ0n) is 28.2. The number of aliphatic hydroxyl groups is 1. The summed E-state index contributed by atoms with van der Waals surface area (Å²) in [5.74, 6) is -5.31. The predicted octanol–water partition coefficient (Wildman–Crippen LogP) is 4.80. The molecule has 0 aliphatic carbocycles. The summed E-state index contributed by atoms with van der Waals surface area (Å²) in [6.07, 6.45) is 14.7. The largest absolute Gasteiger partial charge is 0.550 e. The molecule has 3 N–H and O–H groups in total. The van der Waals surface area contributed by atoms with Gasteiger partial charge in [-0.15, -0.1) is 0 Å². The van der Waals surface area contributed by atoms with E-state index in [2.05, 4.69) is 6.92 Å². The van der Waals surface area contributed by atoms with Crippen molar-refractivity contribution < 1.29 is 53.8 Å². The second-order valence-electron chi connectivity index (χ2n) is 12.8. The molecule has 0 radical (unpaired) electrons. The first-order valence-electron chi connectivity index (χ1n) is 16.4. The van der Waals surface area contributed by atoms with Crippen LogP contribution in [0.2, 0.25) is 0 Å². The van der Waals surface area contributed by atoms with Crippen molar-refractivity contribution in [3.8, 4) is 0 Å². The van der Waals surface area contributed by atoms with Crippen LogP contribution >= 0.6 is 0 Å². The Balaban J connectivity index is 2.28. The highest BCUT2D eigenvalue weighted by atomic mass is 16.7. The monoisotopic (exact) mass is 659 g/mol. The number of hydrogen-bond acceptors (Lipinski definition) is 9. The van der Waals surface area contributed by atoms with E-state index >= 15 is 0 Å². The number of unbranched alkanes of at least 4 members (excludes halogenated alkanes) is 1. The molecule has 0 aromatic rings. The Hall–Kier alpha value is -3.54. The molecule has 2 aliphatic heterocycles. The molecule has 2 saturated heterocycles. The zero-order valence-corrected chi connectivity index (χ0v) is 28.2. The Morgan fingerprint density at radius 2 is 1.68 bits per heavy atom. The molecule has 2 heterocycles. The van der Waals surface area contributed by atoms with Crippen LogP contribution in [0.25, 0.3) is 0 Å². The average molecular weight is 660 g/mol. The minimum absolute atomic E-state index is 0.170. The van der Waals surface area contributed by atoms with Crippen LogP contribution in [0.15, 0.2) is 59.8 Å². The van der Waals surface area contributed by atoms with Crippen molar-refractivity contribution in [2.75, 3.05) is 0 Å². The van der Waals surface area contributed by atoms with Crippen molar-refractivity contribution >= 4 is 23.9 Å². The lowest BCUT2D eigenvalue weighted by molar-refractivity contribution is -0.308. The van der Waals surface area contributed by atoms with Crippen LogP contribution < -0.4 is 5.11 Å². The predicted molar refractivity (Wildman–Crippen MR) is 173 cm³/mol. The molecule has 0 aromatic heterocycles. The lowest BCUT2D eigenvalue weighted by Gasteiger charge is -2.44. The summed E-state index contributed by atoms with van der Waals surface area (Å²) in [4.78, 5) is 45.7. The normalized spacial score (nSPS) is 27.4. The summed E-state index contributed by atoms with van der Waals surface area (Å²) in [6, 6.07) is 0. The first-order valence-corrected chi connectivity index (χ1v) is 16.4. The number of carbonyl (C=O) groups is 4. The fraction of sp³-hybridized carbons (Fsp3) is 0.611. The molecule has 2 rings (SSSR count). The van der Waals surface area contributed by atoms with E-state index in [1.54, 1.807) is 38.2 Å². The number of allylic oxidation sites excluding steroid dienone is 4. The third-order valence-electron chi connectivity index (χ3n) is 8.76. The molecule has 0 aromatic carbocycles. The molecule has 0 saturated carbocycles. The maximum absolute atomic E-state index is 12.8. The Bertz CT molecular complexity index is 1250. The van der Waals surface area contributed by atoms with Gasteiger partial charge in [-0.2, -0.15) is 0 Å². The highest BCUT2D eigenvalue weighted by molar-refractivity contribution is 5.81. The van der Waals surface area contributed by atoms with Gasteiger partial charge in [0, 0.05) is 36.9 Å². The SMILES string of the molecule is CCCC[C@]1([C@H](/C=C/C(C)=C/C(=O)O)OC(=O)CCC(=O)[O-])CC[C@]2(CC[C@H](C)[C@@H](C/C=C(C)/C=C/[C@H](O)[C@@H](C)/C=C/C(=O)O)O2)O1. The summed E-state index contributed by atoms with van der Waals surface area (Å²) >= 11 is 0. The number of carboxylic acids is 3. The van der Waals surface area contributed by atoms with E-state index in [9.17, 15) is 29.4 Å². The fourth-order valence-corrected chi connectivity index (χ4v) is 5.85. The molecule has 7 atom stereocenters. The van der Waals surface area contributed by atoms with Gasteiger partial charge in [0.15, 0.2) is 5.79 Å². The molecule has 0 bridgehead atoms. The summed E-state index contributed by atoms with van der Waals surface area (Å²) in [5.41, 5.74) is 0.385. The highest BCUT2D eigenvalue weighted by Crippen LogP contribution is 2.50. The van der Waals surface area contributed by atoms with Gasteiger partial charge in [-0.3, -0.25) is 4.79 Å². The Kier molecular flexibility index (Phi) is 15.8. The first-order chi connectivity index (χ1) is 22.1. The topological polar surface area (TPSA) is 180 Å². The molecule has 0 unspecified atom stereocenters. The van der Waals surface area contributed by atoms with Crippen LogP contribution in [0.1, 0.15) is 98.8 Å². The van der Waals surface area contributed by atoms with Crippen LogP contribution in [-0.2, 0) is 33.4 Å². The minimum atomic E-state index is -1.36. The van der Waals surface area contributed by atoms with Gasteiger partial charge in [-0.1, -0.05) is 69.6 Å². The second kappa shape index (κ2) is 18.7. The lowest BCUT2D eigenvalue weighted by Crippen LogP contribution is -2.50. The molecule has 262 valence electrons. The third-order valence-corrected chi connectivity index (χ3v) is 8.76. The van der Waals surface area contributed by atoms with E-state index in [1.165, 1.54) is 6.08 Å². The van der Waals surface area contributed by atoms with Crippen LogP contribution in [0.3, 0.4) is 0 Å². The van der Waals surface area contributed by atoms with Crippen LogP contribution in [0.5, 0.6) is 0 Å². The number of aliphatic hydroxyl groups excluding tert-OH is 1. The van der Waals surface area contributed by atoms with Gasteiger partial charge in [-0.25, -0.2) is 9.59 Å². The standard InChI is InChI=1S/C36H52O11/c1-6-7-19-35(30(14-10-25(3)23-33(42)43)45-34(44)17-16-32(40)41)21-22-36(47-35)20-18-27(5)29(46-36)13-9-24(2)8-12-28(37)26(4)11-15-31(38)39/h8-12,14-15,23,26-30,37H,6-7,13,16-22H2,1-5H3,(H,38,39)(H,40,41)(H,42,43)/p-1/b12-8+,14-10+,15-11+,24-9+,25-23+/t26-,27-,28-,29+,30-,35+,36-/m0/s1. The summed E-state index contributed by atoms with van der Waals surface area (Å²) in [7, 11) is 0. The first kappa shape index (κ1) is 39.6. The van der Waals surface area contributed by atoms with E-state index in [1.807, 2.05) is 19.9 Å². The van der Waals surface area contributed by atoms with Gasteiger partial charge in [0.2, 0.25) is 0 Å². The van der Waals surface area contributed by atoms with E-state index in [0.29, 0.717) is 37.7 Å². The smallest absolute Gasteiger partial charge is 0.328 e. The Morgan fingerprint density at radius 1 is 0.979 bits per heavy atom. The molecular weight excluding hydrogens is 608 g/mol. The second-order valence-corrected chi connectivity index (χ2v) is 12.8. The number of rotatable bonds is 18. The average Bonchev–Trinajstić information content (AvgIpc) is 3.37. The number of aliphatic carboxylic acids is 3.